The number of nitrogens with one attached hydrogen (secondary N) is 1. The molecule has 0 saturated heterocycles. The second-order valence-electron chi connectivity index (χ2n) is 4.85. The van der Waals surface area contributed by atoms with E-state index in [1.807, 2.05) is 5.32 Å². The number of hydrogen-bond donors (Lipinski definition) is 1. The molecule has 2 aromatic rings. The van der Waals surface area contributed by atoms with E-state index in [2.05, 4.69) is 5.10 Å². The number of carbonyl (C=O) groups is 1. The molecule has 0 unspecified atom stereocenters. The number of hydrogen-bond acceptors (Lipinski definition) is 2. The first kappa shape index (κ1) is 16.0. The Bertz CT molecular complexity index is 694. The van der Waals surface area contributed by atoms with Gasteiger partial charge in [-0.3, -0.25) is 9.48 Å². The van der Waals surface area contributed by atoms with Crippen molar-refractivity contribution < 1.29 is 22.4 Å². The first-order chi connectivity index (χ1) is 10.2. The van der Waals surface area contributed by atoms with Crippen molar-refractivity contribution in [1.82, 2.24) is 15.1 Å². The van der Waals surface area contributed by atoms with Crippen LogP contribution < -0.4 is 5.32 Å². The summed E-state index contributed by atoms with van der Waals surface area (Å²) in [6, 6.07) is 1.16. The maximum Gasteiger partial charge on any atom is 0.413 e. The highest BCUT2D eigenvalue weighted by Crippen LogP contribution is 2.32. The Kier molecular flexibility index (Phi) is 4.20. The van der Waals surface area contributed by atoms with Gasteiger partial charge in [-0.15, -0.1) is 0 Å². The first-order valence-corrected chi connectivity index (χ1v) is 6.31. The van der Waals surface area contributed by atoms with Gasteiger partial charge in [-0.25, -0.2) is 4.39 Å². The van der Waals surface area contributed by atoms with Crippen molar-refractivity contribution in [2.75, 3.05) is 0 Å². The van der Waals surface area contributed by atoms with Crippen molar-refractivity contribution in [3.05, 3.63) is 53.1 Å². The standard InChI is InChI=1S/C14H13F4N3O/c1-8-3-4-10(15)5-11(8)13(22)20-12(14(16,17)18)9-6-19-21(2)7-9/h3-7,12H,1-2H3,(H,20,22)/t12-/m1/s1. The summed E-state index contributed by atoms with van der Waals surface area (Å²) < 4.78 is 53.8. The molecule has 0 saturated carbocycles. The fourth-order valence-corrected chi connectivity index (χ4v) is 1.99. The van der Waals surface area contributed by atoms with E-state index in [4.69, 9.17) is 0 Å². The third kappa shape index (κ3) is 3.44. The minimum atomic E-state index is -4.69. The zero-order valence-electron chi connectivity index (χ0n) is 11.8. The van der Waals surface area contributed by atoms with Crippen molar-refractivity contribution in [3.8, 4) is 0 Å². The molecule has 0 aliphatic carbocycles. The molecule has 0 bridgehead atoms. The molecule has 0 radical (unpaired) electrons. The van der Waals surface area contributed by atoms with Gasteiger partial charge in [-0.2, -0.15) is 18.3 Å². The Morgan fingerprint density at radius 2 is 2.05 bits per heavy atom. The van der Waals surface area contributed by atoms with Gasteiger partial charge in [0, 0.05) is 24.4 Å². The van der Waals surface area contributed by atoms with Crippen molar-refractivity contribution in [3.63, 3.8) is 0 Å². The molecule has 1 N–H and O–H groups in total. The highest BCUT2D eigenvalue weighted by Gasteiger charge is 2.42. The molecule has 118 valence electrons. The second-order valence-corrected chi connectivity index (χ2v) is 4.85. The van der Waals surface area contributed by atoms with E-state index >= 15 is 0 Å². The number of nitrogens with zero attached hydrogens (tertiary/aromatic N) is 2. The Morgan fingerprint density at radius 1 is 1.36 bits per heavy atom. The second kappa shape index (κ2) is 5.78. The summed E-state index contributed by atoms with van der Waals surface area (Å²) in [5.41, 5.74) is 0.0431. The molecule has 1 aromatic heterocycles. The third-order valence-electron chi connectivity index (χ3n) is 3.11. The first-order valence-electron chi connectivity index (χ1n) is 6.31. The van der Waals surface area contributed by atoms with Gasteiger partial charge in [0.05, 0.1) is 6.20 Å². The van der Waals surface area contributed by atoms with E-state index in [-0.39, 0.29) is 11.1 Å². The summed E-state index contributed by atoms with van der Waals surface area (Å²) in [7, 11) is 1.47. The lowest BCUT2D eigenvalue weighted by molar-refractivity contribution is -0.155. The van der Waals surface area contributed by atoms with Crippen molar-refractivity contribution in [1.29, 1.82) is 0 Å². The predicted molar refractivity (Wildman–Crippen MR) is 70.6 cm³/mol. The summed E-state index contributed by atoms with van der Waals surface area (Å²) in [5, 5.41) is 5.56. The van der Waals surface area contributed by atoms with Crippen LogP contribution in [0.3, 0.4) is 0 Å². The highest BCUT2D eigenvalue weighted by atomic mass is 19.4. The van der Waals surface area contributed by atoms with Gasteiger partial charge in [0.15, 0.2) is 6.04 Å². The smallest absolute Gasteiger partial charge is 0.337 e. The van der Waals surface area contributed by atoms with E-state index < -0.39 is 23.9 Å². The van der Waals surface area contributed by atoms with E-state index in [1.54, 1.807) is 0 Å². The number of amides is 1. The Labute approximate surface area is 123 Å². The normalized spacial score (nSPS) is 13.0. The molecule has 1 heterocycles. The van der Waals surface area contributed by atoms with Crippen LogP contribution in [-0.4, -0.2) is 21.9 Å². The van der Waals surface area contributed by atoms with Crippen LogP contribution in [-0.2, 0) is 7.05 Å². The van der Waals surface area contributed by atoms with Crippen LogP contribution in [0.4, 0.5) is 17.6 Å². The molecule has 0 aliphatic heterocycles. The lowest BCUT2D eigenvalue weighted by Gasteiger charge is -2.21. The summed E-state index contributed by atoms with van der Waals surface area (Å²) >= 11 is 0. The van der Waals surface area contributed by atoms with Crippen LogP contribution in [0.15, 0.2) is 30.6 Å². The molecule has 1 amide bonds. The third-order valence-corrected chi connectivity index (χ3v) is 3.11. The van der Waals surface area contributed by atoms with Gasteiger partial charge in [-0.05, 0) is 24.6 Å². The Hall–Kier alpha value is -2.38. The van der Waals surface area contributed by atoms with Crippen LogP contribution in [0.25, 0.3) is 0 Å². The maximum absolute atomic E-state index is 13.2. The number of carbonyl (C=O) groups excluding carboxylic acids is 1. The van der Waals surface area contributed by atoms with Gasteiger partial charge >= 0.3 is 6.18 Å². The molecule has 0 spiro atoms. The number of aromatic nitrogens is 2. The number of benzene rings is 1. The van der Waals surface area contributed by atoms with Gasteiger partial charge in [-0.1, -0.05) is 6.07 Å². The number of rotatable bonds is 3. The van der Waals surface area contributed by atoms with Crippen molar-refractivity contribution in [2.45, 2.75) is 19.1 Å². The molecule has 22 heavy (non-hydrogen) atoms. The van der Waals surface area contributed by atoms with Crippen LogP contribution in [0.2, 0.25) is 0 Å². The lowest BCUT2D eigenvalue weighted by Crippen LogP contribution is -2.38. The molecule has 8 heteroatoms. The van der Waals surface area contributed by atoms with E-state index in [0.717, 1.165) is 24.5 Å². The minimum absolute atomic E-state index is 0.141. The molecule has 1 aromatic carbocycles. The van der Waals surface area contributed by atoms with E-state index in [9.17, 15) is 22.4 Å². The zero-order valence-corrected chi connectivity index (χ0v) is 11.8. The molecule has 0 aliphatic rings. The summed E-state index contributed by atoms with van der Waals surface area (Å²) in [6.07, 6.45) is -2.51. The fraction of sp³-hybridized carbons (Fsp3) is 0.286. The summed E-state index contributed by atoms with van der Waals surface area (Å²) in [4.78, 5) is 12.0. The van der Waals surface area contributed by atoms with Gasteiger partial charge in [0.2, 0.25) is 0 Å². The number of halogens is 4. The molecular weight excluding hydrogens is 302 g/mol. The van der Waals surface area contributed by atoms with E-state index in [1.165, 1.54) is 24.7 Å². The fourth-order valence-electron chi connectivity index (χ4n) is 1.99. The van der Waals surface area contributed by atoms with Crippen LogP contribution >= 0.6 is 0 Å². The van der Waals surface area contributed by atoms with E-state index in [0.29, 0.717) is 5.56 Å². The SMILES string of the molecule is Cc1ccc(F)cc1C(=O)N[C@H](c1cnn(C)c1)C(F)(F)F. The van der Waals surface area contributed by atoms with Crippen molar-refractivity contribution >= 4 is 5.91 Å². The monoisotopic (exact) mass is 315 g/mol. The molecule has 0 fully saturated rings. The molecule has 2 rings (SSSR count). The number of aryl methyl sites for hydroxylation is 2. The van der Waals surface area contributed by atoms with Gasteiger partial charge in [0.25, 0.3) is 5.91 Å². The van der Waals surface area contributed by atoms with Crippen LogP contribution in [0.5, 0.6) is 0 Å². The molecule has 4 nitrogen and oxygen atoms in total. The Morgan fingerprint density at radius 3 is 2.59 bits per heavy atom. The Balaban J connectivity index is 2.31. The number of alkyl halides is 3. The summed E-state index contributed by atoms with van der Waals surface area (Å²) in [5.74, 6) is -1.69. The van der Waals surface area contributed by atoms with Crippen molar-refractivity contribution in [2.24, 2.45) is 7.05 Å². The summed E-state index contributed by atoms with van der Waals surface area (Å²) in [6.45, 7) is 1.51. The van der Waals surface area contributed by atoms with Crippen LogP contribution in [0.1, 0.15) is 27.5 Å². The predicted octanol–water partition coefficient (Wildman–Crippen LogP) is 2.90. The minimum Gasteiger partial charge on any atom is -0.337 e. The quantitative estimate of drug-likeness (QED) is 0.885. The zero-order chi connectivity index (χ0) is 16.5. The van der Waals surface area contributed by atoms with Gasteiger partial charge < -0.3 is 5.32 Å². The topological polar surface area (TPSA) is 46.9 Å². The van der Waals surface area contributed by atoms with Crippen LogP contribution in [0, 0.1) is 12.7 Å². The molecule has 1 atom stereocenters. The average Bonchev–Trinajstić information content (AvgIpc) is 2.83. The lowest BCUT2D eigenvalue weighted by atomic mass is 10.1. The van der Waals surface area contributed by atoms with Gasteiger partial charge in [0.1, 0.15) is 5.82 Å². The highest BCUT2D eigenvalue weighted by molar-refractivity contribution is 5.95. The molecular formula is C14H13F4N3O. The maximum atomic E-state index is 13.2. The average molecular weight is 315 g/mol. The largest absolute Gasteiger partial charge is 0.413 e.